The van der Waals surface area contributed by atoms with Crippen molar-refractivity contribution in [2.45, 2.75) is 44.9 Å². The molecular formula is C17H20N2OS. The predicted octanol–water partition coefficient (Wildman–Crippen LogP) is 3.29. The summed E-state index contributed by atoms with van der Waals surface area (Å²) in [5, 5.41) is 4.99. The number of fused-ring (bicyclic) bond motifs is 1. The lowest BCUT2D eigenvalue weighted by atomic mass is 9.85. The summed E-state index contributed by atoms with van der Waals surface area (Å²) in [6.45, 7) is 5.62. The van der Waals surface area contributed by atoms with Crippen LogP contribution in [-0.2, 0) is 16.9 Å². The molecule has 0 amide bonds. The average Bonchev–Trinajstić information content (AvgIpc) is 3.24. The molecule has 2 aromatic rings. The van der Waals surface area contributed by atoms with Crippen LogP contribution in [0.15, 0.2) is 24.3 Å². The zero-order valence-electron chi connectivity index (χ0n) is 12.5. The lowest BCUT2D eigenvalue weighted by Gasteiger charge is -2.38. The zero-order chi connectivity index (χ0) is 14.4. The fourth-order valence-electron chi connectivity index (χ4n) is 3.04. The second kappa shape index (κ2) is 4.90. The lowest BCUT2D eigenvalue weighted by Crippen LogP contribution is -2.50. The Kier molecular flexibility index (Phi) is 3.14. The van der Waals surface area contributed by atoms with Gasteiger partial charge in [0.05, 0.1) is 18.9 Å². The van der Waals surface area contributed by atoms with E-state index in [1.165, 1.54) is 28.8 Å². The molecule has 1 unspecified atom stereocenters. The molecule has 0 saturated heterocycles. The number of rotatable bonds is 3. The van der Waals surface area contributed by atoms with Crippen LogP contribution >= 0.6 is 11.3 Å². The first-order valence-corrected chi connectivity index (χ1v) is 8.39. The van der Waals surface area contributed by atoms with E-state index < -0.39 is 0 Å². The van der Waals surface area contributed by atoms with Crippen LogP contribution in [0.1, 0.15) is 39.5 Å². The van der Waals surface area contributed by atoms with Gasteiger partial charge in [0, 0.05) is 10.9 Å². The van der Waals surface area contributed by atoms with Crippen LogP contribution in [0.25, 0.3) is 0 Å². The van der Waals surface area contributed by atoms with Gasteiger partial charge in [0.25, 0.3) is 0 Å². The second-order valence-corrected chi connectivity index (χ2v) is 7.34. The molecule has 4 heteroatoms. The van der Waals surface area contributed by atoms with Gasteiger partial charge in [-0.2, -0.15) is 0 Å². The van der Waals surface area contributed by atoms with Gasteiger partial charge in [-0.3, -0.25) is 5.32 Å². The molecule has 2 heterocycles. The Bertz CT molecular complexity index is 658. The van der Waals surface area contributed by atoms with Gasteiger partial charge in [-0.05, 0) is 37.8 Å². The van der Waals surface area contributed by atoms with E-state index in [1.54, 1.807) is 11.3 Å². The molecule has 1 fully saturated rings. The van der Waals surface area contributed by atoms with E-state index in [0.717, 1.165) is 10.7 Å². The molecular weight excluding hydrogens is 280 g/mol. The summed E-state index contributed by atoms with van der Waals surface area (Å²) in [5.41, 5.74) is 3.49. The van der Waals surface area contributed by atoms with Crippen molar-refractivity contribution in [2.75, 3.05) is 6.61 Å². The van der Waals surface area contributed by atoms with Gasteiger partial charge in [0.2, 0.25) is 0 Å². The van der Waals surface area contributed by atoms with Crippen LogP contribution in [0.3, 0.4) is 0 Å². The number of thiazole rings is 1. The van der Waals surface area contributed by atoms with Crippen molar-refractivity contribution >= 4 is 11.3 Å². The molecule has 0 radical (unpaired) electrons. The third-order valence-electron chi connectivity index (χ3n) is 4.47. The van der Waals surface area contributed by atoms with Gasteiger partial charge in [-0.25, -0.2) is 4.98 Å². The second-order valence-electron chi connectivity index (χ2n) is 6.13. The predicted molar refractivity (Wildman–Crippen MR) is 84.6 cm³/mol. The molecule has 1 saturated carbocycles. The van der Waals surface area contributed by atoms with Gasteiger partial charge in [-0.15, -0.1) is 11.3 Å². The van der Waals surface area contributed by atoms with Crippen LogP contribution < -0.4 is 5.32 Å². The molecule has 1 aliphatic heterocycles. The Labute approximate surface area is 129 Å². The summed E-state index contributed by atoms with van der Waals surface area (Å²) in [6.07, 6.45) is 2.51. The number of hydrogen-bond acceptors (Lipinski definition) is 4. The lowest BCUT2D eigenvalue weighted by molar-refractivity contribution is 0.0514. The summed E-state index contributed by atoms with van der Waals surface area (Å²) in [4.78, 5) is 6.16. The summed E-state index contributed by atoms with van der Waals surface area (Å²) < 4.78 is 5.95. The van der Waals surface area contributed by atoms with E-state index in [0.29, 0.717) is 19.3 Å². The number of aromatic nitrogens is 1. The zero-order valence-corrected chi connectivity index (χ0v) is 13.3. The Morgan fingerprint density at radius 1 is 1.29 bits per heavy atom. The maximum absolute atomic E-state index is 5.95. The van der Waals surface area contributed by atoms with E-state index in [4.69, 9.17) is 9.72 Å². The quantitative estimate of drug-likeness (QED) is 0.944. The number of nitrogens with one attached hydrogen (secondary N) is 1. The highest BCUT2D eigenvalue weighted by molar-refractivity contribution is 7.11. The van der Waals surface area contributed by atoms with Crippen molar-refractivity contribution in [1.29, 1.82) is 0 Å². The standard InChI is InChI=1S/C17H20N2OS/c1-11-12(2)21-16(18-11)17(19-14-7-8-14)10-20-9-13-5-3-4-6-15(13)17/h3-6,14,19H,7-10H2,1-2H3. The Balaban J connectivity index is 1.88. The molecule has 1 atom stereocenters. The smallest absolute Gasteiger partial charge is 0.120 e. The third kappa shape index (κ3) is 2.22. The molecule has 3 nitrogen and oxygen atoms in total. The summed E-state index contributed by atoms with van der Waals surface area (Å²) in [7, 11) is 0. The molecule has 2 aliphatic rings. The van der Waals surface area contributed by atoms with E-state index in [9.17, 15) is 0 Å². The highest BCUT2D eigenvalue weighted by atomic mass is 32.1. The van der Waals surface area contributed by atoms with Crippen LogP contribution in [0, 0.1) is 13.8 Å². The molecule has 110 valence electrons. The minimum Gasteiger partial charge on any atom is -0.374 e. The molecule has 0 bridgehead atoms. The summed E-state index contributed by atoms with van der Waals surface area (Å²) >= 11 is 1.80. The fourth-order valence-corrected chi connectivity index (χ4v) is 4.11. The first-order chi connectivity index (χ1) is 10.2. The largest absolute Gasteiger partial charge is 0.374 e. The van der Waals surface area contributed by atoms with Crippen molar-refractivity contribution in [2.24, 2.45) is 0 Å². The number of ether oxygens (including phenoxy) is 1. The first kappa shape index (κ1) is 13.4. The number of nitrogens with zero attached hydrogens (tertiary/aromatic N) is 1. The van der Waals surface area contributed by atoms with Crippen molar-refractivity contribution in [3.8, 4) is 0 Å². The molecule has 1 N–H and O–H groups in total. The maximum Gasteiger partial charge on any atom is 0.120 e. The molecule has 4 rings (SSSR count). The van der Waals surface area contributed by atoms with Crippen molar-refractivity contribution in [3.63, 3.8) is 0 Å². The fraction of sp³-hybridized carbons (Fsp3) is 0.471. The maximum atomic E-state index is 5.95. The molecule has 1 aromatic heterocycles. The van der Waals surface area contributed by atoms with Gasteiger partial charge < -0.3 is 4.74 Å². The van der Waals surface area contributed by atoms with Crippen LogP contribution in [0.4, 0.5) is 0 Å². The van der Waals surface area contributed by atoms with Crippen molar-refractivity contribution < 1.29 is 4.74 Å². The van der Waals surface area contributed by atoms with Crippen LogP contribution in [0.5, 0.6) is 0 Å². The highest BCUT2D eigenvalue weighted by Gasteiger charge is 2.45. The van der Waals surface area contributed by atoms with E-state index in [-0.39, 0.29) is 5.54 Å². The Morgan fingerprint density at radius 3 is 2.81 bits per heavy atom. The molecule has 0 spiro atoms. The monoisotopic (exact) mass is 300 g/mol. The topological polar surface area (TPSA) is 34.2 Å². The van der Waals surface area contributed by atoms with Gasteiger partial charge in [0.1, 0.15) is 10.5 Å². The minimum atomic E-state index is -0.264. The van der Waals surface area contributed by atoms with Gasteiger partial charge >= 0.3 is 0 Å². The minimum absolute atomic E-state index is 0.264. The summed E-state index contributed by atoms with van der Waals surface area (Å²) in [6, 6.07) is 9.23. The first-order valence-electron chi connectivity index (χ1n) is 7.57. The van der Waals surface area contributed by atoms with Crippen LogP contribution in [0.2, 0.25) is 0 Å². The Hall–Kier alpha value is -1.23. The van der Waals surface area contributed by atoms with Crippen molar-refractivity contribution in [3.05, 3.63) is 51.0 Å². The van der Waals surface area contributed by atoms with Gasteiger partial charge in [-0.1, -0.05) is 24.3 Å². The number of benzene rings is 1. The van der Waals surface area contributed by atoms with E-state index in [2.05, 4.69) is 43.4 Å². The number of aryl methyl sites for hydroxylation is 2. The SMILES string of the molecule is Cc1nc(C2(NC3CC3)COCc3ccccc32)sc1C. The molecule has 1 aliphatic carbocycles. The Morgan fingerprint density at radius 2 is 2.10 bits per heavy atom. The molecule has 21 heavy (non-hydrogen) atoms. The normalized spacial score (nSPS) is 24.9. The average molecular weight is 300 g/mol. The third-order valence-corrected chi connectivity index (χ3v) is 5.71. The van der Waals surface area contributed by atoms with Crippen molar-refractivity contribution in [1.82, 2.24) is 10.3 Å². The van der Waals surface area contributed by atoms with E-state index >= 15 is 0 Å². The van der Waals surface area contributed by atoms with Crippen LogP contribution in [-0.4, -0.2) is 17.6 Å². The highest BCUT2D eigenvalue weighted by Crippen LogP contribution is 2.41. The number of hydrogen-bond donors (Lipinski definition) is 1. The summed E-state index contributed by atoms with van der Waals surface area (Å²) in [5.74, 6) is 0. The van der Waals surface area contributed by atoms with E-state index in [1.807, 2.05) is 0 Å². The van der Waals surface area contributed by atoms with Gasteiger partial charge in [0.15, 0.2) is 0 Å². The molecule has 1 aromatic carbocycles.